The van der Waals surface area contributed by atoms with Crippen LogP contribution < -0.4 is 5.32 Å². The molecule has 0 unspecified atom stereocenters. The van der Waals surface area contributed by atoms with Crippen molar-refractivity contribution in [3.63, 3.8) is 0 Å². The standard InChI is InChI=1S/C15H19N3O3S2/c1-2-3-5-10-14-17-18-15(22-14)16-13(19)11-23(20,21)12-8-6-4-7-9-12/h4,6-9H,2-3,5,10-11H2,1H3,(H,16,18,19). The molecule has 1 N–H and O–H groups in total. The molecule has 8 heteroatoms. The molecule has 0 fully saturated rings. The Morgan fingerprint density at radius 2 is 1.91 bits per heavy atom. The highest BCUT2D eigenvalue weighted by atomic mass is 32.2. The molecule has 0 saturated heterocycles. The number of carbonyl (C=O) groups is 1. The molecule has 2 rings (SSSR count). The third-order valence-corrected chi connectivity index (χ3v) is 5.66. The van der Waals surface area contributed by atoms with Crippen LogP contribution in [0.5, 0.6) is 0 Å². The fourth-order valence-electron chi connectivity index (χ4n) is 1.97. The van der Waals surface area contributed by atoms with Crippen molar-refractivity contribution in [1.29, 1.82) is 0 Å². The molecule has 1 amide bonds. The predicted octanol–water partition coefficient (Wildman–Crippen LogP) is 2.68. The zero-order valence-corrected chi connectivity index (χ0v) is 14.5. The van der Waals surface area contributed by atoms with Crippen molar-refractivity contribution in [1.82, 2.24) is 10.2 Å². The Labute approximate surface area is 139 Å². The Kier molecular flexibility index (Phi) is 6.23. The highest BCUT2D eigenvalue weighted by Gasteiger charge is 2.20. The molecular formula is C15H19N3O3S2. The van der Waals surface area contributed by atoms with Gasteiger partial charge in [0.25, 0.3) is 0 Å². The number of amides is 1. The largest absolute Gasteiger partial charge is 0.300 e. The lowest BCUT2D eigenvalue weighted by molar-refractivity contribution is -0.113. The Morgan fingerprint density at radius 1 is 1.17 bits per heavy atom. The summed E-state index contributed by atoms with van der Waals surface area (Å²) < 4.78 is 24.2. The Morgan fingerprint density at radius 3 is 2.61 bits per heavy atom. The minimum Gasteiger partial charge on any atom is -0.300 e. The number of unbranched alkanes of at least 4 members (excludes halogenated alkanes) is 2. The fraction of sp³-hybridized carbons (Fsp3) is 0.400. The van der Waals surface area contributed by atoms with E-state index in [2.05, 4.69) is 22.4 Å². The van der Waals surface area contributed by atoms with Crippen molar-refractivity contribution in [2.45, 2.75) is 37.5 Å². The fourth-order valence-corrected chi connectivity index (χ4v) is 3.92. The maximum Gasteiger partial charge on any atom is 0.241 e. The summed E-state index contributed by atoms with van der Waals surface area (Å²) in [6.45, 7) is 2.12. The highest BCUT2D eigenvalue weighted by molar-refractivity contribution is 7.92. The van der Waals surface area contributed by atoms with Gasteiger partial charge >= 0.3 is 0 Å². The summed E-state index contributed by atoms with van der Waals surface area (Å²) in [5, 5.41) is 11.6. The summed E-state index contributed by atoms with van der Waals surface area (Å²) in [4.78, 5) is 12.1. The van der Waals surface area contributed by atoms with E-state index >= 15 is 0 Å². The van der Waals surface area contributed by atoms with Gasteiger partial charge < -0.3 is 0 Å². The van der Waals surface area contributed by atoms with Crippen molar-refractivity contribution in [3.05, 3.63) is 35.3 Å². The minimum absolute atomic E-state index is 0.132. The van der Waals surface area contributed by atoms with Gasteiger partial charge in [0.2, 0.25) is 11.0 Å². The first-order chi connectivity index (χ1) is 11.0. The van der Waals surface area contributed by atoms with Crippen LogP contribution in [0.3, 0.4) is 0 Å². The number of anilines is 1. The number of aromatic nitrogens is 2. The van der Waals surface area contributed by atoms with Gasteiger partial charge in [-0.2, -0.15) is 0 Å². The van der Waals surface area contributed by atoms with Gasteiger partial charge in [0.1, 0.15) is 10.8 Å². The van der Waals surface area contributed by atoms with Gasteiger partial charge in [-0.05, 0) is 18.6 Å². The first-order valence-corrected chi connectivity index (χ1v) is 9.88. The molecule has 1 heterocycles. The molecule has 0 aliphatic heterocycles. The number of aryl methyl sites for hydroxylation is 1. The molecule has 1 aromatic heterocycles. The summed E-state index contributed by atoms with van der Waals surface area (Å²) in [5.41, 5.74) is 0. The summed E-state index contributed by atoms with van der Waals surface area (Å²) in [5.74, 6) is -1.22. The van der Waals surface area contributed by atoms with E-state index in [4.69, 9.17) is 0 Å². The molecule has 0 atom stereocenters. The summed E-state index contributed by atoms with van der Waals surface area (Å²) in [6.07, 6.45) is 4.10. The van der Waals surface area contributed by atoms with E-state index in [1.54, 1.807) is 18.2 Å². The van der Waals surface area contributed by atoms with E-state index in [-0.39, 0.29) is 4.90 Å². The van der Waals surface area contributed by atoms with Crippen LogP contribution in [0.25, 0.3) is 0 Å². The number of nitrogens with one attached hydrogen (secondary N) is 1. The topological polar surface area (TPSA) is 89.0 Å². The minimum atomic E-state index is -3.65. The van der Waals surface area contributed by atoms with Gasteiger partial charge in [0, 0.05) is 6.42 Å². The molecule has 0 saturated carbocycles. The molecule has 1 aromatic carbocycles. The monoisotopic (exact) mass is 353 g/mol. The predicted molar refractivity (Wildman–Crippen MR) is 90.3 cm³/mol. The van der Waals surface area contributed by atoms with E-state index in [0.29, 0.717) is 5.13 Å². The second-order valence-electron chi connectivity index (χ2n) is 5.08. The molecule has 0 spiro atoms. The zero-order chi connectivity index (χ0) is 16.7. The van der Waals surface area contributed by atoms with Crippen LogP contribution in [-0.2, 0) is 21.1 Å². The average Bonchev–Trinajstić information content (AvgIpc) is 2.95. The van der Waals surface area contributed by atoms with Gasteiger partial charge in [-0.15, -0.1) is 10.2 Å². The van der Waals surface area contributed by atoms with Crippen molar-refractivity contribution >= 4 is 32.2 Å². The lowest BCUT2D eigenvalue weighted by Crippen LogP contribution is -2.22. The maximum atomic E-state index is 12.1. The lowest BCUT2D eigenvalue weighted by Gasteiger charge is -2.03. The molecule has 0 radical (unpaired) electrons. The van der Waals surface area contributed by atoms with Crippen molar-refractivity contribution < 1.29 is 13.2 Å². The van der Waals surface area contributed by atoms with E-state index < -0.39 is 21.5 Å². The van der Waals surface area contributed by atoms with Crippen molar-refractivity contribution in [2.75, 3.05) is 11.1 Å². The third kappa shape index (κ3) is 5.40. The molecule has 23 heavy (non-hydrogen) atoms. The number of hydrogen-bond acceptors (Lipinski definition) is 6. The number of sulfone groups is 1. The van der Waals surface area contributed by atoms with Crippen LogP contribution in [0.4, 0.5) is 5.13 Å². The molecule has 0 bridgehead atoms. The molecule has 6 nitrogen and oxygen atoms in total. The Bertz CT molecular complexity index is 742. The highest BCUT2D eigenvalue weighted by Crippen LogP contribution is 2.18. The number of nitrogens with zero attached hydrogens (tertiary/aromatic N) is 2. The lowest BCUT2D eigenvalue weighted by atomic mass is 10.2. The Balaban J connectivity index is 1.92. The molecule has 124 valence electrons. The van der Waals surface area contributed by atoms with Crippen LogP contribution in [0, 0.1) is 0 Å². The number of benzene rings is 1. The quantitative estimate of drug-likeness (QED) is 0.737. The molecule has 0 aliphatic rings. The van der Waals surface area contributed by atoms with Gasteiger partial charge in [-0.1, -0.05) is 49.3 Å². The molecular weight excluding hydrogens is 334 g/mol. The van der Waals surface area contributed by atoms with Crippen LogP contribution in [-0.4, -0.2) is 30.3 Å². The van der Waals surface area contributed by atoms with E-state index in [1.807, 2.05) is 0 Å². The average molecular weight is 353 g/mol. The summed E-state index contributed by atoms with van der Waals surface area (Å²) in [6, 6.07) is 7.91. The number of hydrogen-bond donors (Lipinski definition) is 1. The van der Waals surface area contributed by atoms with Crippen LogP contribution >= 0.6 is 11.3 Å². The van der Waals surface area contributed by atoms with Crippen molar-refractivity contribution in [3.8, 4) is 0 Å². The first kappa shape index (κ1) is 17.6. The van der Waals surface area contributed by atoms with E-state index in [9.17, 15) is 13.2 Å². The first-order valence-electron chi connectivity index (χ1n) is 7.41. The molecule has 2 aromatic rings. The van der Waals surface area contributed by atoms with Crippen LogP contribution in [0.15, 0.2) is 35.2 Å². The smallest absolute Gasteiger partial charge is 0.241 e. The zero-order valence-electron chi connectivity index (χ0n) is 12.9. The number of rotatable bonds is 8. The van der Waals surface area contributed by atoms with E-state index in [0.717, 1.165) is 30.7 Å². The third-order valence-electron chi connectivity index (χ3n) is 3.13. The summed E-state index contributed by atoms with van der Waals surface area (Å²) >= 11 is 1.28. The van der Waals surface area contributed by atoms with Gasteiger partial charge in [-0.3, -0.25) is 10.1 Å². The van der Waals surface area contributed by atoms with Gasteiger partial charge in [0.15, 0.2) is 9.84 Å². The van der Waals surface area contributed by atoms with E-state index in [1.165, 1.54) is 23.5 Å². The summed E-state index contributed by atoms with van der Waals surface area (Å²) in [7, 11) is -3.65. The van der Waals surface area contributed by atoms with Crippen LogP contribution in [0.1, 0.15) is 31.2 Å². The van der Waals surface area contributed by atoms with Gasteiger partial charge in [-0.25, -0.2) is 8.42 Å². The Hall–Kier alpha value is -1.80. The second-order valence-corrected chi connectivity index (χ2v) is 8.13. The SMILES string of the molecule is CCCCCc1nnc(NC(=O)CS(=O)(=O)c2ccccc2)s1. The molecule has 0 aliphatic carbocycles. The van der Waals surface area contributed by atoms with Gasteiger partial charge in [0.05, 0.1) is 4.90 Å². The van der Waals surface area contributed by atoms with Crippen molar-refractivity contribution in [2.24, 2.45) is 0 Å². The van der Waals surface area contributed by atoms with Crippen LogP contribution in [0.2, 0.25) is 0 Å². The second kappa shape index (κ2) is 8.16. The normalized spacial score (nSPS) is 11.3. The maximum absolute atomic E-state index is 12.1. The number of carbonyl (C=O) groups excluding carboxylic acids is 1.